The van der Waals surface area contributed by atoms with Gasteiger partial charge in [-0.2, -0.15) is 0 Å². The Kier molecular flexibility index (Phi) is 2.87. The molecule has 2 atom stereocenters. The van der Waals surface area contributed by atoms with Crippen LogP contribution in [0.4, 0.5) is 0 Å². The minimum absolute atomic E-state index is 0.156. The van der Waals surface area contributed by atoms with Crippen molar-refractivity contribution < 1.29 is 14.3 Å². The molecule has 0 unspecified atom stereocenters. The molecular weight excluding hydrogens is 156 g/mol. The highest BCUT2D eigenvalue weighted by Gasteiger charge is 2.30. The number of cyclic esters (lactones) is 1. The first kappa shape index (κ1) is 9.26. The Hall–Kier alpha value is -0.830. The fourth-order valence-electron chi connectivity index (χ4n) is 1.14. The van der Waals surface area contributed by atoms with Crippen molar-refractivity contribution in [3.63, 3.8) is 0 Å². The van der Waals surface area contributed by atoms with Crippen LogP contribution in [0.15, 0.2) is 12.2 Å². The summed E-state index contributed by atoms with van der Waals surface area (Å²) in [7, 11) is 0. The van der Waals surface area contributed by atoms with Gasteiger partial charge in [-0.25, -0.2) is 4.79 Å². The van der Waals surface area contributed by atoms with E-state index in [-0.39, 0.29) is 18.4 Å². The van der Waals surface area contributed by atoms with Crippen LogP contribution in [0.3, 0.4) is 0 Å². The van der Waals surface area contributed by atoms with Crippen LogP contribution in [-0.2, 0) is 14.3 Å². The van der Waals surface area contributed by atoms with Crippen LogP contribution in [0.2, 0.25) is 0 Å². The van der Waals surface area contributed by atoms with Gasteiger partial charge in [0.05, 0.1) is 11.7 Å². The van der Waals surface area contributed by atoms with Crippen LogP contribution >= 0.6 is 0 Å². The average molecular weight is 170 g/mol. The molecule has 0 aliphatic carbocycles. The van der Waals surface area contributed by atoms with Crippen LogP contribution in [0.1, 0.15) is 26.7 Å². The van der Waals surface area contributed by atoms with Gasteiger partial charge in [0, 0.05) is 6.42 Å². The third-order valence-electron chi connectivity index (χ3n) is 1.91. The summed E-state index contributed by atoms with van der Waals surface area (Å²) in [5.41, 5.74) is 0.433. The van der Waals surface area contributed by atoms with Crippen molar-refractivity contribution in [1.29, 1.82) is 0 Å². The first-order chi connectivity index (χ1) is 5.69. The lowest BCUT2D eigenvalue weighted by Gasteiger charge is -2.29. The van der Waals surface area contributed by atoms with Crippen molar-refractivity contribution in [3.8, 4) is 0 Å². The highest BCUT2D eigenvalue weighted by Crippen LogP contribution is 2.21. The number of hydrogen-bond acceptors (Lipinski definition) is 3. The van der Waals surface area contributed by atoms with Crippen molar-refractivity contribution in [2.24, 2.45) is 0 Å². The Morgan fingerprint density at radius 1 is 1.42 bits per heavy atom. The second-order valence-corrected chi connectivity index (χ2v) is 2.80. The SMILES string of the molecule is C=C1C(=O)O[C@H](CC)O[C@@H]1CC. The Labute approximate surface area is 72.4 Å². The first-order valence-corrected chi connectivity index (χ1v) is 4.24. The molecule has 0 aromatic rings. The minimum Gasteiger partial charge on any atom is -0.432 e. The maximum Gasteiger partial charge on any atom is 0.338 e. The number of esters is 1. The third kappa shape index (κ3) is 1.67. The van der Waals surface area contributed by atoms with E-state index < -0.39 is 0 Å². The van der Waals surface area contributed by atoms with Crippen LogP contribution in [0.25, 0.3) is 0 Å². The second-order valence-electron chi connectivity index (χ2n) is 2.80. The van der Waals surface area contributed by atoms with Gasteiger partial charge in [0.2, 0.25) is 6.29 Å². The molecule has 1 fully saturated rings. The summed E-state index contributed by atoms with van der Waals surface area (Å²) in [6.07, 6.45) is 0.920. The summed E-state index contributed by atoms with van der Waals surface area (Å²) in [4.78, 5) is 11.1. The van der Waals surface area contributed by atoms with Gasteiger partial charge in [0.1, 0.15) is 0 Å². The number of rotatable bonds is 2. The van der Waals surface area contributed by atoms with Crippen molar-refractivity contribution in [3.05, 3.63) is 12.2 Å². The summed E-state index contributed by atoms with van der Waals surface area (Å²) < 4.78 is 10.3. The van der Waals surface area contributed by atoms with Crippen LogP contribution in [0, 0.1) is 0 Å². The fourth-order valence-corrected chi connectivity index (χ4v) is 1.14. The minimum atomic E-state index is -0.382. The first-order valence-electron chi connectivity index (χ1n) is 4.24. The topological polar surface area (TPSA) is 35.5 Å². The molecule has 1 rings (SSSR count). The van der Waals surface area contributed by atoms with Gasteiger partial charge in [0.25, 0.3) is 0 Å². The van der Waals surface area contributed by atoms with Crippen molar-refractivity contribution in [1.82, 2.24) is 0 Å². The zero-order chi connectivity index (χ0) is 9.14. The van der Waals surface area contributed by atoms with E-state index >= 15 is 0 Å². The normalized spacial score (nSPS) is 30.2. The maximum atomic E-state index is 11.1. The van der Waals surface area contributed by atoms with E-state index in [0.717, 1.165) is 6.42 Å². The van der Waals surface area contributed by atoms with E-state index in [1.54, 1.807) is 0 Å². The quantitative estimate of drug-likeness (QED) is 0.466. The highest BCUT2D eigenvalue weighted by atomic mass is 16.7. The molecule has 1 aliphatic heterocycles. The molecule has 0 spiro atoms. The van der Waals surface area contributed by atoms with Crippen molar-refractivity contribution >= 4 is 5.97 Å². The van der Waals surface area contributed by atoms with E-state index in [2.05, 4.69) is 6.58 Å². The number of carbonyl (C=O) groups is 1. The molecule has 1 aliphatic rings. The molecule has 3 nitrogen and oxygen atoms in total. The van der Waals surface area contributed by atoms with E-state index in [0.29, 0.717) is 12.0 Å². The zero-order valence-electron chi connectivity index (χ0n) is 7.50. The lowest BCUT2D eigenvalue weighted by molar-refractivity contribution is -0.200. The molecule has 68 valence electrons. The maximum absolute atomic E-state index is 11.1. The lowest BCUT2D eigenvalue weighted by Crippen LogP contribution is -2.36. The van der Waals surface area contributed by atoms with E-state index in [1.165, 1.54) is 0 Å². The van der Waals surface area contributed by atoms with Gasteiger partial charge in [-0.3, -0.25) is 0 Å². The summed E-state index contributed by atoms with van der Waals surface area (Å²) in [5.74, 6) is -0.319. The lowest BCUT2D eigenvalue weighted by atomic mass is 10.1. The Bertz CT molecular complexity index is 198. The van der Waals surface area contributed by atoms with Gasteiger partial charge < -0.3 is 9.47 Å². The number of carbonyl (C=O) groups excluding carboxylic acids is 1. The van der Waals surface area contributed by atoms with Gasteiger partial charge >= 0.3 is 5.97 Å². The van der Waals surface area contributed by atoms with Gasteiger partial charge in [0.15, 0.2) is 0 Å². The fraction of sp³-hybridized carbons (Fsp3) is 0.667. The van der Waals surface area contributed by atoms with Gasteiger partial charge in [-0.05, 0) is 6.42 Å². The van der Waals surface area contributed by atoms with Crippen molar-refractivity contribution in [2.45, 2.75) is 39.1 Å². The molecule has 0 radical (unpaired) electrons. The summed E-state index contributed by atoms with van der Waals surface area (Å²) in [5, 5.41) is 0. The van der Waals surface area contributed by atoms with Gasteiger partial charge in [-0.15, -0.1) is 0 Å². The molecular formula is C9H14O3. The number of hydrogen-bond donors (Lipinski definition) is 0. The molecule has 0 aromatic heterocycles. The molecule has 1 heterocycles. The molecule has 3 heteroatoms. The standard InChI is InChI=1S/C9H14O3/c1-4-7-6(3)9(10)12-8(5-2)11-7/h7-8H,3-5H2,1-2H3/t7-,8-/m1/s1. The molecule has 12 heavy (non-hydrogen) atoms. The molecule has 0 aromatic carbocycles. The van der Waals surface area contributed by atoms with E-state index in [9.17, 15) is 4.79 Å². The Balaban J connectivity index is 2.64. The number of ether oxygens (including phenoxy) is 2. The second kappa shape index (κ2) is 3.72. The van der Waals surface area contributed by atoms with Crippen LogP contribution in [-0.4, -0.2) is 18.4 Å². The highest BCUT2D eigenvalue weighted by molar-refractivity contribution is 5.89. The molecule has 1 saturated heterocycles. The predicted octanol–water partition coefficient (Wildman–Crippen LogP) is 1.63. The van der Waals surface area contributed by atoms with Crippen molar-refractivity contribution in [2.75, 3.05) is 0 Å². The van der Waals surface area contributed by atoms with Crippen LogP contribution in [0.5, 0.6) is 0 Å². The molecule has 0 N–H and O–H groups in total. The smallest absolute Gasteiger partial charge is 0.338 e. The molecule has 0 amide bonds. The Morgan fingerprint density at radius 3 is 2.58 bits per heavy atom. The third-order valence-corrected chi connectivity index (χ3v) is 1.91. The van der Waals surface area contributed by atoms with E-state index in [1.807, 2.05) is 13.8 Å². The summed E-state index contributed by atoms with van der Waals surface area (Å²) in [6.45, 7) is 7.49. The molecule has 0 saturated carbocycles. The van der Waals surface area contributed by atoms with Crippen LogP contribution < -0.4 is 0 Å². The zero-order valence-corrected chi connectivity index (χ0v) is 7.50. The molecule has 0 bridgehead atoms. The summed E-state index contributed by atoms with van der Waals surface area (Å²) >= 11 is 0. The van der Waals surface area contributed by atoms with Gasteiger partial charge in [-0.1, -0.05) is 20.4 Å². The largest absolute Gasteiger partial charge is 0.432 e. The Morgan fingerprint density at radius 2 is 2.08 bits per heavy atom. The summed E-state index contributed by atoms with van der Waals surface area (Å²) in [6, 6.07) is 0. The predicted molar refractivity (Wildman–Crippen MR) is 44.5 cm³/mol. The monoisotopic (exact) mass is 170 g/mol. The van der Waals surface area contributed by atoms with E-state index in [4.69, 9.17) is 9.47 Å². The average Bonchev–Trinajstić information content (AvgIpc) is 2.09.